The van der Waals surface area contributed by atoms with Gasteiger partial charge in [0.1, 0.15) is 11.9 Å². The molecule has 1 aliphatic heterocycles. The number of aliphatic hydroxyl groups is 1. The number of aliphatic hydroxyl groups excluding tert-OH is 1. The number of rotatable bonds is 17. The van der Waals surface area contributed by atoms with Crippen LogP contribution in [0.15, 0.2) is 126 Å². The van der Waals surface area contributed by atoms with Gasteiger partial charge in [0.15, 0.2) is 0 Å². The SMILES string of the molecule is Cc1ccc(CNC(=O)Cc2ccc(N(C)C(=O)CCN3CCC(OC(=O)Nc4ccccc4-c4ccccc4)CC3)cc2)cc1CC(C)CC[C@H](O)c1ccc(O)c2[nH]c(=O)ccc12. The van der Waals surface area contributed by atoms with Gasteiger partial charge in [0.25, 0.3) is 0 Å². The second-order valence-corrected chi connectivity index (χ2v) is 17.3. The van der Waals surface area contributed by atoms with Crippen LogP contribution in [0.3, 0.4) is 0 Å². The Bertz CT molecular complexity index is 2640. The smallest absolute Gasteiger partial charge is 0.411 e. The molecule has 12 heteroatoms. The van der Waals surface area contributed by atoms with E-state index in [1.807, 2.05) is 84.9 Å². The zero-order chi connectivity index (χ0) is 45.9. The molecule has 0 aliphatic carbocycles. The molecule has 1 unspecified atom stereocenters. The van der Waals surface area contributed by atoms with Crippen molar-refractivity contribution < 1.29 is 29.3 Å². The maximum atomic E-state index is 13.2. The highest BCUT2D eigenvalue weighted by Gasteiger charge is 2.24. The molecule has 65 heavy (non-hydrogen) atoms. The van der Waals surface area contributed by atoms with E-state index in [-0.39, 0.29) is 41.6 Å². The van der Waals surface area contributed by atoms with Gasteiger partial charge < -0.3 is 35.1 Å². The highest BCUT2D eigenvalue weighted by atomic mass is 16.6. The molecule has 0 saturated carbocycles. The number of H-pyrrole nitrogens is 1. The van der Waals surface area contributed by atoms with Crippen molar-refractivity contribution in [3.8, 4) is 16.9 Å². The Labute approximate surface area is 380 Å². The van der Waals surface area contributed by atoms with Gasteiger partial charge in [-0.3, -0.25) is 19.7 Å². The van der Waals surface area contributed by atoms with Crippen LogP contribution in [0.25, 0.3) is 22.0 Å². The van der Waals surface area contributed by atoms with Crippen LogP contribution >= 0.6 is 0 Å². The largest absolute Gasteiger partial charge is 0.506 e. The predicted octanol–water partition coefficient (Wildman–Crippen LogP) is 8.83. The van der Waals surface area contributed by atoms with Gasteiger partial charge >= 0.3 is 6.09 Å². The van der Waals surface area contributed by atoms with Gasteiger partial charge in [-0.1, -0.05) is 91.9 Å². The second-order valence-electron chi connectivity index (χ2n) is 17.3. The lowest BCUT2D eigenvalue weighted by Gasteiger charge is -2.31. The lowest BCUT2D eigenvalue weighted by atomic mass is 9.90. The van der Waals surface area contributed by atoms with Gasteiger partial charge in [0.05, 0.1) is 23.7 Å². The number of aromatic amines is 1. The summed E-state index contributed by atoms with van der Waals surface area (Å²) < 4.78 is 5.78. The molecule has 1 fully saturated rings. The van der Waals surface area contributed by atoms with Crippen LogP contribution in [0.4, 0.5) is 16.2 Å². The maximum Gasteiger partial charge on any atom is 0.411 e. The highest BCUT2D eigenvalue weighted by Crippen LogP contribution is 2.32. The molecule has 7 rings (SSSR count). The van der Waals surface area contributed by atoms with Crippen molar-refractivity contribution in [1.29, 1.82) is 0 Å². The number of pyridine rings is 1. The predicted molar refractivity (Wildman–Crippen MR) is 256 cm³/mol. The number of aromatic hydroxyl groups is 1. The molecule has 3 amide bonds. The summed E-state index contributed by atoms with van der Waals surface area (Å²) in [5.41, 5.74) is 8.30. The number of nitrogens with zero attached hydrogens (tertiary/aromatic N) is 2. The van der Waals surface area contributed by atoms with Crippen molar-refractivity contribution in [2.75, 3.05) is 36.9 Å². The van der Waals surface area contributed by atoms with Gasteiger partial charge in [-0.25, -0.2) is 4.79 Å². The van der Waals surface area contributed by atoms with Gasteiger partial charge in [0, 0.05) is 62.4 Å². The van der Waals surface area contributed by atoms with Gasteiger partial charge in [-0.05, 0) is 109 Å². The van der Waals surface area contributed by atoms with E-state index in [1.54, 1.807) is 24.1 Å². The van der Waals surface area contributed by atoms with E-state index >= 15 is 0 Å². The average Bonchev–Trinajstić information content (AvgIpc) is 3.31. The molecular formula is C53H59N5O7. The Balaban J connectivity index is 0.802. The topological polar surface area (TPSA) is 164 Å². The first-order valence-electron chi connectivity index (χ1n) is 22.5. The number of benzene rings is 5. The van der Waals surface area contributed by atoms with Gasteiger partial charge in [-0.2, -0.15) is 0 Å². The van der Waals surface area contributed by atoms with E-state index in [9.17, 15) is 29.4 Å². The maximum absolute atomic E-state index is 13.2. The van der Waals surface area contributed by atoms with Crippen molar-refractivity contribution in [3.63, 3.8) is 0 Å². The number of anilines is 2. The standard InChI is InChI=1S/C53H59N5O7/c1-35(13-22-47(59)44-20-23-48(60)52-45(44)21-24-49(61)56-52)31-40-32-38(15-14-36(40)2)34-54-50(62)33-37-16-18-41(19-17-37)57(3)51(63)27-30-58-28-25-42(26-29-58)65-53(64)55-46-12-8-7-11-43(46)39-9-5-4-6-10-39/h4-12,14-21,23-24,32,35,42,47,59-60H,13,22,25-31,33-34H2,1-3H3,(H,54,62)(H,55,64)(H,56,61)/t35?,47-/m0/s1. The number of carbonyl (C=O) groups excluding carboxylic acids is 3. The average molecular weight is 878 g/mol. The lowest BCUT2D eigenvalue weighted by molar-refractivity contribution is -0.120. The van der Waals surface area contributed by atoms with E-state index < -0.39 is 12.2 Å². The fraction of sp³-hybridized carbons (Fsp3) is 0.321. The number of aromatic nitrogens is 1. The number of likely N-dealkylation sites (tertiary alicyclic amines) is 1. The molecule has 1 aromatic heterocycles. The molecule has 5 aromatic carbocycles. The summed E-state index contributed by atoms with van der Waals surface area (Å²) in [6, 6.07) is 37.6. The summed E-state index contributed by atoms with van der Waals surface area (Å²) >= 11 is 0. The number of hydrogen-bond donors (Lipinski definition) is 5. The van der Waals surface area contributed by atoms with Crippen LogP contribution in [-0.4, -0.2) is 70.8 Å². The second kappa shape index (κ2) is 21.7. The summed E-state index contributed by atoms with van der Waals surface area (Å²) in [6.45, 7) is 6.71. The van der Waals surface area contributed by atoms with E-state index in [1.165, 1.54) is 23.3 Å². The van der Waals surface area contributed by atoms with Crippen molar-refractivity contribution in [1.82, 2.24) is 15.2 Å². The monoisotopic (exact) mass is 877 g/mol. The quantitative estimate of drug-likeness (QED) is 0.0607. The number of carbonyl (C=O) groups is 3. The van der Waals surface area contributed by atoms with Crippen molar-refractivity contribution in [3.05, 3.63) is 159 Å². The first-order valence-corrected chi connectivity index (χ1v) is 22.5. The molecule has 1 saturated heterocycles. The fourth-order valence-corrected chi connectivity index (χ4v) is 8.53. The minimum Gasteiger partial charge on any atom is -0.506 e. The van der Waals surface area contributed by atoms with E-state index in [0.717, 1.165) is 53.9 Å². The summed E-state index contributed by atoms with van der Waals surface area (Å²) in [7, 11) is 1.77. The normalized spacial score (nSPS) is 14.1. The molecule has 338 valence electrons. The van der Waals surface area contributed by atoms with Crippen LogP contribution in [0.5, 0.6) is 5.75 Å². The fourth-order valence-electron chi connectivity index (χ4n) is 8.53. The van der Waals surface area contributed by atoms with Gasteiger partial charge in [0.2, 0.25) is 17.4 Å². The van der Waals surface area contributed by atoms with Gasteiger partial charge in [-0.15, -0.1) is 0 Å². The molecular weight excluding hydrogens is 819 g/mol. The number of piperidine rings is 1. The Morgan fingerprint density at radius 3 is 2.37 bits per heavy atom. The van der Waals surface area contributed by atoms with Crippen LogP contribution in [0.2, 0.25) is 0 Å². The lowest BCUT2D eigenvalue weighted by Crippen LogP contribution is -2.40. The highest BCUT2D eigenvalue weighted by molar-refractivity contribution is 5.93. The molecule has 6 aromatic rings. The zero-order valence-electron chi connectivity index (χ0n) is 37.4. The van der Waals surface area contributed by atoms with Crippen molar-refractivity contribution in [2.45, 2.75) is 77.5 Å². The number of hydrogen-bond acceptors (Lipinski definition) is 8. The van der Waals surface area contributed by atoms with Crippen LogP contribution in [-0.2, 0) is 33.7 Å². The summed E-state index contributed by atoms with van der Waals surface area (Å²) in [5, 5.41) is 27.9. The van der Waals surface area contributed by atoms with Crippen LogP contribution in [0, 0.1) is 12.8 Å². The number of nitrogens with one attached hydrogen (secondary N) is 3. The molecule has 0 radical (unpaired) electrons. The molecule has 12 nitrogen and oxygen atoms in total. The summed E-state index contributed by atoms with van der Waals surface area (Å²) in [6.07, 6.45) is 2.65. The Morgan fingerprint density at radius 2 is 1.60 bits per heavy atom. The third-order valence-corrected chi connectivity index (χ3v) is 12.4. The third kappa shape index (κ3) is 12.5. The third-order valence-electron chi connectivity index (χ3n) is 12.4. The first kappa shape index (κ1) is 46.2. The van der Waals surface area contributed by atoms with Crippen LogP contribution < -0.4 is 21.1 Å². The molecule has 5 N–H and O–H groups in total. The van der Waals surface area contributed by atoms with E-state index in [0.29, 0.717) is 60.9 Å². The number of amides is 3. The number of para-hydroxylation sites is 1. The Morgan fingerprint density at radius 1 is 0.877 bits per heavy atom. The molecule has 1 aliphatic rings. The van der Waals surface area contributed by atoms with Crippen molar-refractivity contribution >= 4 is 40.2 Å². The molecule has 0 bridgehead atoms. The Hall–Kier alpha value is -6.76. The number of ether oxygens (including phenoxy) is 1. The number of fused-ring (bicyclic) bond motifs is 1. The summed E-state index contributed by atoms with van der Waals surface area (Å²) in [4.78, 5) is 57.4. The Kier molecular flexibility index (Phi) is 15.5. The minimum atomic E-state index is -0.749. The van der Waals surface area contributed by atoms with Crippen LogP contribution in [0.1, 0.15) is 72.9 Å². The first-order chi connectivity index (χ1) is 31.4. The minimum absolute atomic E-state index is 0.00263. The number of phenolic OH excluding ortho intramolecular Hbond substituents is 1. The van der Waals surface area contributed by atoms with E-state index in [2.05, 4.69) is 46.5 Å². The number of aryl methyl sites for hydroxylation is 1. The van der Waals surface area contributed by atoms with Crippen molar-refractivity contribution in [2.24, 2.45) is 5.92 Å². The molecule has 2 heterocycles. The molecule has 0 spiro atoms. The summed E-state index contributed by atoms with van der Waals surface area (Å²) in [5.74, 6) is 0.144. The number of phenols is 1. The zero-order valence-corrected chi connectivity index (χ0v) is 37.4. The molecule has 2 atom stereocenters. The van der Waals surface area contributed by atoms with E-state index in [4.69, 9.17) is 4.74 Å².